The number of nitriles is 1. The van der Waals surface area contributed by atoms with Crippen molar-refractivity contribution >= 4 is 5.69 Å². The Hall–Kier alpha value is -1.60. The topological polar surface area (TPSA) is 74.7 Å². The molecule has 0 saturated carbocycles. The molecule has 1 aromatic heterocycles. The van der Waals surface area contributed by atoms with Gasteiger partial charge in [-0.25, -0.2) is 0 Å². The van der Waals surface area contributed by atoms with Gasteiger partial charge in [-0.2, -0.15) is 5.26 Å². The molecule has 0 aromatic carbocycles. The van der Waals surface area contributed by atoms with Gasteiger partial charge in [-0.05, 0) is 6.07 Å². The molecule has 0 atom stereocenters. The second-order valence-corrected chi connectivity index (χ2v) is 2.25. The van der Waals surface area contributed by atoms with Gasteiger partial charge in [0.1, 0.15) is 6.07 Å². The number of nitrogens with zero attached hydrogens (tertiary/aromatic N) is 2. The highest BCUT2D eigenvalue weighted by Gasteiger charge is 1.97. The number of anilines is 1. The maximum absolute atomic E-state index is 8.66. The van der Waals surface area contributed by atoms with Crippen molar-refractivity contribution in [1.29, 1.82) is 5.26 Å². The van der Waals surface area contributed by atoms with Gasteiger partial charge in [0.25, 0.3) is 0 Å². The summed E-state index contributed by atoms with van der Waals surface area (Å²) in [5.74, 6) is 0. The van der Waals surface area contributed by atoms with Crippen molar-refractivity contribution < 1.29 is 0 Å². The Kier molecular flexibility index (Phi) is 3.05. The third kappa shape index (κ3) is 1.94. The first-order chi connectivity index (χ1) is 5.88. The fraction of sp³-hybridized carbons (Fsp3) is 0.250. The average Bonchev–Trinajstić information content (AvgIpc) is 2.15. The van der Waals surface area contributed by atoms with Crippen molar-refractivity contribution in [3.8, 4) is 6.07 Å². The van der Waals surface area contributed by atoms with Crippen LogP contribution in [0, 0.1) is 11.3 Å². The van der Waals surface area contributed by atoms with Crippen molar-refractivity contribution in [2.75, 3.05) is 18.4 Å². The van der Waals surface area contributed by atoms with Crippen molar-refractivity contribution in [1.82, 2.24) is 4.98 Å². The summed E-state index contributed by atoms with van der Waals surface area (Å²) in [6, 6.07) is 3.80. The van der Waals surface area contributed by atoms with E-state index in [1.165, 1.54) is 6.20 Å². The summed E-state index contributed by atoms with van der Waals surface area (Å²) in [7, 11) is 0. The molecule has 0 bridgehead atoms. The first-order valence-electron chi connectivity index (χ1n) is 3.66. The second kappa shape index (κ2) is 4.31. The SMILES string of the molecule is N#Cc1cnccc1NCCN. The molecule has 4 nitrogen and oxygen atoms in total. The molecule has 0 amide bonds. The summed E-state index contributed by atoms with van der Waals surface area (Å²) in [6.07, 6.45) is 3.17. The van der Waals surface area contributed by atoms with Gasteiger partial charge in [-0.15, -0.1) is 0 Å². The van der Waals surface area contributed by atoms with Crippen LogP contribution < -0.4 is 11.1 Å². The zero-order chi connectivity index (χ0) is 8.81. The van der Waals surface area contributed by atoms with Crippen LogP contribution in [0.4, 0.5) is 5.69 Å². The molecule has 0 saturated heterocycles. The Morgan fingerprint density at radius 1 is 1.67 bits per heavy atom. The van der Waals surface area contributed by atoms with Gasteiger partial charge in [0, 0.05) is 25.5 Å². The number of rotatable bonds is 3. The van der Waals surface area contributed by atoms with E-state index in [4.69, 9.17) is 11.0 Å². The lowest BCUT2D eigenvalue weighted by atomic mass is 10.2. The largest absolute Gasteiger partial charge is 0.383 e. The molecule has 0 fully saturated rings. The van der Waals surface area contributed by atoms with E-state index in [2.05, 4.69) is 10.3 Å². The standard InChI is InChI=1S/C8H10N4/c9-2-4-12-8-1-3-11-6-7(8)5-10/h1,3,6H,2,4,9H2,(H,11,12). The summed E-state index contributed by atoms with van der Waals surface area (Å²) >= 11 is 0. The van der Waals surface area contributed by atoms with E-state index in [1.54, 1.807) is 12.3 Å². The van der Waals surface area contributed by atoms with Crippen molar-refractivity contribution in [2.45, 2.75) is 0 Å². The molecule has 12 heavy (non-hydrogen) atoms. The van der Waals surface area contributed by atoms with Crippen LogP contribution in [0.1, 0.15) is 5.56 Å². The van der Waals surface area contributed by atoms with Gasteiger partial charge >= 0.3 is 0 Å². The molecular weight excluding hydrogens is 152 g/mol. The molecule has 0 aliphatic heterocycles. The lowest BCUT2D eigenvalue weighted by Gasteiger charge is -2.04. The maximum atomic E-state index is 8.66. The molecule has 62 valence electrons. The van der Waals surface area contributed by atoms with E-state index in [0.29, 0.717) is 18.7 Å². The summed E-state index contributed by atoms with van der Waals surface area (Å²) < 4.78 is 0. The van der Waals surface area contributed by atoms with E-state index in [9.17, 15) is 0 Å². The number of hydrogen-bond acceptors (Lipinski definition) is 4. The predicted octanol–water partition coefficient (Wildman–Crippen LogP) is 0.324. The van der Waals surface area contributed by atoms with Gasteiger partial charge < -0.3 is 11.1 Å². The fourth-order valence-corrected chi connectivity index (χ4v) is 0.845. The highest BCUT2D eigenvalue weighted by molar-refractivity contribution is 5.55. The van der Waals surface area contributed by atoms with Crippen LogP contribution >= 0.6 is 0 Å². The molecule has 0 spiro atoms. The van der Waals surface area contributed by atoms with E-state index in [-0.39, 0.29) is 0 Å². The minimum Gasteiger partial charge on any atom is -0.383 e. The van der Waals surface area contributed by atoms with Crippen LogP contribution in [0.15, 0.2) is 18.5 Å². The highest BCUT2D eigenvalue weighted by atomic mass is 14.9. The first-order valence-corrected chi connectivity index (χ1v) is 3.66. The van der Waals surface area contributed by atoms with Crippen LogP contribution in [0.3, 0.4) is 0 Å². The molecular formula is C8H10N4. The van der Waals surface area contributed by atoms with E-state index >= 15 is 0 Å². The molecule has 4 heteroatoms. The molecule has 1 rings (SSSR count). The van der Waals surface area contributed by atoms with Gasteiger partial charge in [-0.1, -0.05) is 0 Å². The average molecular weight is 162 g/mol. The van der Waals surface area contributed by atoms with Crippen molar-refractivity contribution in [2.24, 2.45) is 5.73 Å². The Bertz CT molecular complexity index is 289. The first kappa shape index (κ1) is 8.50. The molecule has 3 N–H and O–H groups in total. The van der Waals surface area contributed by atoms with Crippen LogP contribution in [0.5, 0.6) is 0 Å². The fourth-order valence-electron chi connectivity index (χ4n) is 0.845. The Morgan fingerprint density at radius 2 is 2.50 bits per heavy atom. The monoisotopic (exact) mass is 162 g/mol. The van der Waals surface area contributed by atoms with E-state index < -0.39 is 0 Å². The summed E-state index contributed by atoms with van der Waals surface area (Å²) in [4.78, 5) is 3.83. The van der Waals surface area contributed by atoms with E-state index in [1.807, 2.05) is 6.07 Å². The lowest BCUT2D eigenvalue weighted by Crippen LogP contribution is -2.13. The maximum Gasteiger partial charge on any atom is 0.103 e. The number of nitrogens with one attached hydrogen (secondary N) is 1. The lowest BCUT2D eigenvalue weighted by molar-refractivity contribution is 1.02. The van der Waals surface area contributed by atoms with Crippen LogP contribution in [0.25, 0.3) is 0 Å². The highest BCUT2D eigenvalue weighted by Crippen LogP contribution is 2.10. The smallest absolute Gasteiger partial charge is 0.103 e. The minimum atomic E-state index is 0.547. The minimum absolute atomic E-state index is 0.547. The molecule has 0 unspecified atom stereocenters. The zero-order valence-corrected chi connectivity index (χ0v) is 6.62. The second-order valence-electron chi connectivity index (χ2n) is 2.25. The van der Waals surface area contributed by atoms with Gasteiger partial charge in [0.15, 0.2) is 0 Å². The number of pyridine rings is 1. The van der Waals surface area contributed by atoms with Gasteiger partial charge in [0.05, 0.1) is 11.3 Å². The molecule has 1 aromatic rings. The van der Waals surface area contributed by atoms with Crippen molar-refractivity contribution in [3.63, 3.8) is 0 Å². The number of hydrogen-bond donors (Lipinski definition) is 2. The van der Waals surface area contributed by atoms with Gasteiger partial charge in [0.2, 0.25) is 0 Å². The Labute approximate surface area is 71.0 Å². The van der Waals surface area contributed by atoms with E-state index in [0.717, 1.165) is 5.69 Å². The number of nitrogens with two attached hydrogens (primary N) is 1. The summed E-state index contributed by atoms with van der Waals surface area (Å²) in [6.45, 7) is 1.21. The summed E-state index contributed by atoms with van der Waals surface area (Å²) in [5, 5.41) is 11.7. The van der Waals surface area contributed by atoms with Crippen LogP contribution in [-0.4, -0.2) is 18.1 Å². The molecule has 0 radical (unpaired) electrons. The van der Waals surface area contributed by atoms with Gasteiger partial charge in [-0.3, -0.25) is 4.98 Å². The third-order valence-corrected chi connectivity index (χ3v) is 1.40. The van der Waals surface area contributed by atoms with Crippen LogP contribution in [-0.2, 0) is 0 Å². The molecule has 1 heterocycles. The molecule has 0 aliphatic rings. The predicted molar refractivity (Wildman–Crippen MR) is 46.5 cm³/mol. The summed E-state index contributed by atoms with van der Waals surface area (Å²) in [5.41, 5.74) is 6.64. The quantitative estimate of drug-likeness (QED) is 0.671. The number of aromatic nitrogens is 1. The molecule has 0 aliphatic carbocycles. The normalized spacial score (nSPS) is 9.00. The Morgan fingerprint density at radius 3 is 3.17 bits per heavy atom. The Balaban J connectivity index is 2.77. The van der Waals surface area contributed by atoms with Crippen LogP contribution in [0.2, 0.25) is 0 Å². The third-order valence-electron chi connectivity index (χ3n) is 1.40. The zero-order valence-electron chi connectivity index (χ0n) is 6.62. The van der Waals surface area contributed by atoms with Crippen molar-refractivity contribution in [3.05, 3.63) is 24.0 Å².